The van der Waals surface area contributed by atoms with E-state index in [0.29, 0.717) is 0 Å². The average molecular weight is 317 g/mol. The van der Waals surface area contributed by atoms with Gasteiger partial charge in [0.25, 0.3) is 0 Å². The highest BCUT2D eigenvalue weighted by atomic mass is 35.5. The van der Waals surface area contributed by atoms with E-state index in [1.807, 2.05) is 0 Å². The molecule has 1 aromatic carbocycles. The Bertz CT molecular complexity index is 511. The first-order valence-corrected chi connectivity index (χ1v) is 5.77. The van der Waals surface area contributed by atoms with Crippen molar-refractivity contribution in [1.29, 1.82) is 0 Å². The normalized spacial score (nSPS) is 10.9. The zero-order valence-electron chi connectivity index (χ0n) is 11.8. The third kappa shape index (κ3) is 5.05. The summed E-state index contributed by atoms with van der Waals surface area (Å²) < 4.78 is 9.17. The summed E-state index contributed by atoms with van der Waals surface area (Å²) in [6, 6.07) is 3.37. The van der Waals surface area contributed by atoms with Crippen molar-refractivity contribution in [2.75, 3.05) is 19.5 Å². The quantitative estimate of drug-likeness (QED) is 0.801. The minimum atomic E-state index is -0.724. The molecule has 21 heavy (non-hydrogen) atoms. The van der Waals surface area contributed by atoms with Gasteiger partial charge in [-0.25, -0.2) is 9.59 Å². The molecule has 0 saturated heterocycles. The Morgan fingerprint density at radius 1 is 1.05 bits per heavy atom. The largest absolute Gasteiger partial charge is 0.465 e. The molecule has 1 aromatic rings. The number of benzene rings is 1. The molecule has 7 nitrogen and oxygen atoms in total. The Balaban J connectivity index is 0.00000400. The Hall–Kier alpha value is -2.12. The van der Waals surface area contributed by atoms with Crippen molar-refractivity contribution in [3.8, 4) is 0 Å². The van der Waals surface area contributed by atoms with E-state index >= 15 is 0 Å². The molecule has 0 fully saturated rings. The van der Waals surface area contributed by atoms with Crippen molar-refractivity contribution in [2.45, 2.75) is 13.0 Å². The first kappa shape index (κ1) is 18.9. The van der Waals surface area contributed by atoms with Gasteiger partial charge in [-0.05, 0) is 25.1 Å². The summed E-state index contributed by atoms with van der Waals surface area (Å²) in [7, 11) is 2.43. The van der Waals surface area contributed by atoms with Gasteiger partial charge in [0.05, 0.1) is 31.4 Å². The summed E-state index contributed by atoms with van der Waals surface area (Å²) >= 11 is 0. The minimum Gasteiger partial charge on any atom is -0.465 e. The van der Waals surface area contributed by atoms with E-state index in [4.69, 9.17) is 5.73 Å². The van der Waals surface area contributed by atoms with Crippen molar-refractivity contribution in [1.82, 2.24) is 0 Å². The van der Waals surface area contributed by atoms with Gasteiger partial charge >= 0.3 is 11.9 Å². The molecule has 0 aliphatic heterocycles. The van der Waals surface area contributed by atoms with Crippen LogP contribution in [0.25, 0.3) is 0 Å². The molecule has 0 aromatic heterocycles. The van der Waals surface area contributed by atoms with Crippen molar-refractivity contribution in [3.05, 3.63) is 29.3 Å². The highest BCUT2D eigenvalue weighted by molar-refractivity contribution is 6.00. The molecule has 0 bridgehead atoms. The SMILES string of the molecule is COC(=O)c1cc(NC(=O)[C@@H](C)N)cc(C(=O)OC)c1.Cl. The Labute approximate surface area is 128 Å². The third-order valence-corrected chi connectivity index (χ3v) is 2.46. The van der Waals surface area contributed by atoms with Crippen LogP contribution in [-0.2, 0) is 14.3 Å². The molecular formula is C13H17ClN2O5. The molecule has 0 radical (unpaired) electrons. The van der Waals surface area contributed by atoms with Crippen molar-refractivity contribution < 1.29 is 23.9 Å². The molecule has 116 valence electrons. The molecule has 8 heteroatoms. The molecule has 0 heterocycles. The first-order valence-electron chi connectivity index (χ1n) is 5.77. The number of ether oxygens (including phenoxy) is 2. The van der Waals surface area contributed by atoms with Crippen LogP contribution in [0.15, 0.2) is 18.2 Å². The predicted molar refractivity (Wildman–Crippen MR) is 78.6 cm³/mol. The highest BCUT2D eigenvalue weighted by Crippen LogP contribution is 2.17. The van der Waals surface area contributed by atoms with Gasteiger partial charge in [0.2, 0.25) is 5.91 Å². The van der Waals surface area contributed by atoms with Crippen LogP contribution in [0, 0.1) is 0 Å². The number of hydrogen-bond acceptors (Lipinski definition) is 6. The van der Waals surface area contributed by atoms with Crippen LogP contribution in [-0.4, -0.2) is 38.1 Å². The lowest BCUT2D eigenvalue weighted by Gasteiger charge is -2.10. The molecule has 0 spiro atoms. The van der Waals surface area contributed by atoms with Crippen molar-refractivity contribution >= 4 is 35.9 Å². The van der Waals surface area contributed by atoms with Gasteiger partial charge in [-0.2, -0.15) is 0 Å². The summed E-state index contributed by atoms with van der Waals surface area (Å²) in [5.74, 6) is -1.71. The number of amides is 1. The highest BCUT2D eigenvalue weighted by Gasteiger charge is 2.15. The molecule has 0 saturated carbocycles. The molecule has 1 amide bonds. The van der Waals surface area contributed by atoms with E-state index in [2.05, 4.69) is 14.8 Å². The fraction of sp³-hybridized carbons (Fsp3) is 0.308. The number of methoxy groups -OCH3 is 2. The number of anilines is 1. The lowest BCUT2D eigenvalue weighted by atomic mass is 10.1. The standard InChI is InChI=1S/C13H16N2O5.ClH/c1-7(14)11(16)15-10-5-8(12(17)19-2)4-9(6-10)13(18)20-3;/h4-7H,14H2,1-3H3,(H,15,16);1H/t7-;/m1./s1. The Morgan fingerprint density at radius 2 is 1.48 bits per heavy atom. The van der Waals surface area contributed by atoms with Gasteiger partial charge in [-0.3, -0.25) is 4.79 Å². The fourth-order valence-corrected chi connectivity index (χ4v) is 1.43. The maximum atomic E-state index is 11.5. The lowest BCUT2D eigenvalue weighted by molar-refractivity contribution is -0.117. The number of nitrogens with one attached hydrogen (secondary N) is 1. The van der Waals surface area contributed by atoms with E-state index in [9.17, 15) is 14.4 Å². The number of carbonyl (C=O) groups is 3. The van der Waals surface area contributed by atoms with Gasteiger partial charge in [0.1, 0.15) is 0 Å². The molecule has 1 rings (SSSR count). The molecule has 1 atom stereocenters. The summed E-state index contributed by atoms with van der Waals surface area (Å²) in [6.07, 6.45) is 0. The number of rotatable bonds is 4. The van der Waals surface area contributed by atoms with E-state index in [1.54, 1.807) is 0 Å². The van der Waals surface area contributed by atoms with Crippen LogP contribution in [0.5, 0.6) is 0 Å². The molecule has 0 aliphatic rings. The molecule has 0 aliphatic carbocycles. The molecule has 3 N–H and O–H groups in total. The second-order valence-electron chi connectivity index (χ2n) is 4.06. The van der Waals surface area contributed by atoms with Crippen LogP contribution in [0.1, 0.15) is 27.6 Å². The monoisotopic (exact) mass is 316 g/mol. The number of esters is 2. The summed E-state index contributed by atoms with van der Waals surface area (Å²) in [4.78, 5) is 34.6. The number of halogens is 1. The summed E-state index contributed by atoms with van der Waals surface area (Å²) in [6.45, 7) is 1.51. The van der Waals surface area contributed by atoms with E-state index in [-0.39, 0.29) is 29.2 Å². The van der Waals surface area contributed by atoms with Gasteiger partial charge in [0.15, 0.2) is 0 Å². The van der Waals surface area contributed by atoms with Gasteiger partial charge in [-0.15, -0.1) is 12.4 Å². The summed E-state index contributed by atoms with van der Waals surface area (Å²) in [5, 5.41) is 2.50. The van der Waals surface area contributed by atoms with E-state index in [1.165, 1.54) is 39.3 Å². The van der Waals surface area contributed by atoms with Crippen molar-refractivity contribution in [3.63, 3.8) is 0 Å². The second-order valence-corrected chi connectivity index (χ2v) is 4.06. The van der Waals surface area contributed by atoms with Crippen LogP contribution in [0.2, 0.25) is 0 Å². The van der Waals surface area contributed by atoms with E-state index in [0.717, 1.165) is 0 Å². The summed E-state index contributed by atoms with van der Waals surface area (Å²) in [5.41, 5.74) is 5.94. The number of carbonyl (C=O) groups excluding carboxylic acids is 3. The maximum absolute atomic E-state index is 11.5. The third-order valence-electron chi connectivity index (χ3n) is 2.46. The zero-order chi connectivity index (χ0) is 15.3. The topological polar surface area (TPSA) is 108 Å². The molecular weight excluding hydrogens is 300 g/mol. The average Bonchev–Trinajstić information content (AvgIpc) is 2.44. The lowest BCUT2D eigenvalue weighted by Crippen LogP contribution is -2.32. The zero-order valence-corrected chi connectivity index (χ0v) is 12.7. The van der Waals surface area contributed by atoms with E-state index < -0.39 is 23.9 Å². The van der Waals surface area contributed by atoms with Crippen LogP contribution < -0.4 is 11.1 Å². The van der Waals surface area contributed by atoms with Gasteiger partial charge in [-0.1, -0.05) is 0 Å². The van der Waals surface area contributed by atoms with Crippen molar-refractivity contribution in [2.24, 2.45) is 5.73 Å². The van der Waals surface area contributed by atoms with Crippen LogP contribution in [0.3, 0.4) is 0 Å². The molecule has 0 unspecified atom stereocenters. The maximum Gasteiger partial charge on any atom is 0.337 e. The minimum absolute atomic E-state index is 0. The number of nitrogens with two attached hydrogens (primary N) is 1. The van der Waals surface area contributed by atoms with Gasteiger partial charge in [0, 0.05) is 5.69 Å². The van der Waals surface area contributed by atoms with Gasteiger partial charge < -0.3 is 20.5 Å². The van der Waals surface area contributed by atoms with Crippen LogP contribution >= 0.6 is 12.4 Å². The smallest absolute Gasteiger partial charge is 0.337 e. The Kier molecular flexibility index (Phi) is 7.40. The predicted octanol–water partition coefficient (Wildman–Crippen LogP) is 0.967. The fourth-order valence-electron chi connectivity index (χ4n) is 1.43. The Morgan fingerprint density at radius 3 is 1.81 bits per heavy atom. The first-order chi connectivity index (χ1) is 9.38. The number of hydrogen-bond donors (Lipinski definition) is 2. The second kappa shape index (κ2) is 8.23. The van der Waals surface area contributed by atoms with Crippen LogP contribution in [0.4, 0.5) is 5.69 Å².